The number of carbonyl (C=O) groups is 1. The monoisotopic (exact) mass is 387 g/mol. The standard InChI is InChI=1S/C20H23F2N5O/c21-16-5-4-15(14-17(16)22)19(28)26-12-10-25(11-13-26)18-6-7-23-20(24-18)27-8-2-1-3-9-27/h4-7,14H,1-3,8-13H2. The van der Waals surface area contributed by atoms with Crippen LogP contribution in [0, 0.1) is 11.6 Å². The number of hydrogen-bond donors (Lipinski definition) is 0. The Labute approximate surface area is 162 Å². The van der Waals surface area contributed by atoms with Crippen LogP contribution in [0.3, 0.4) is 0 Å². The molecule has 6 nitrogen and oxygen atoms in total. The molecule has 2 saturated heterocycles. The van der Waals surface area contributed by atoms with E-state index in [4.69, 9.17) is 4.98 Å². The second kappa shape index (κ2) is 8.08. The first kappa shape index (κ1) is 18.6. The third-order valence-corrected chi connectivity index (χ3v) is 5.32. The van der Waals surface area contributed by atoms with Crippen molar-refractivity contribution in [2.75, 3.05) is 49.1 Å². The molecule has 2 aliphatic heterocycles. The van der Waals surface area contributed by atoms with Gasteiger partial charge in [-0.25, -0.2) is 13.8 Å². The van der Waals surface area contributed by atoms with E-state index in [1.165, 1.54) is 25.3 Å². The van der Waals surface area contributed by atoms with Crippen LogP contribution in [-0.4, -0.2) is 60.0 Å². The quantitative estimate of drug-likeness (QED) is 0.811. The average molecular weight is 387 g/mol. The smallest absolute Gasteiger partial charge is 0.254 e. The first-order valence-electron chi connectivity index (χ1n) is 9.69. The predicted octanol–water partition coefficient (Wildman–Crippen LogP) is 2.71. The highest BCUT2D eigenvalue weighted by atomic mass is 19.2. The molecular formula is C20H23F2N5O. The van der Waals surface area contributed by atoms with Gasteiger partial charge >= 0.3 is 0 Å². The molecule has 1 aromatic carbocycles. The Hall–Kier alpha value is -2.77. The first-order valence-corrected chi connectivity index (χ1v) is 9.69. The molecule has 0 unspecified atom stereocenters. The molecule has 0 saturated carbocycles. The van der Waals surface area contributed by atoms with Gasteiger partial charge in [-0.2, -0.15) is 4.98 Å². The Morgan fingerprint density at radius 3 is 2.32 bits per heavy atom. The Balaban J connectivity index is 1.40. The number of nitrogens with zero attached hydrogens (tertiary/aromatic N) is 5. The summed E-state index contributed by atoms with van der Waals surface area (Å²) < 4.78 is 26.5. The maximum Gasteiger partial charge on any atom is 0.254 e. The number of benzene rings is 1. The van der Waals surface area contributed by atoms with E-state index in [1.54, 1.807) is 11.1 Å². The fourth-order valence-electron chi connectivity index (χ4n) is 3.71. The van der Waals surface area contributed by atoms with Gasteiger partial charge in [0.25, 0.3) is 5.91 Å². The van der Waals surface area contributed by atoms with Gasteiger partial charge in [-0.1, -0.05) is 0 Å². The van der Waals surface area contributed by atoms with Gasteiger partial charge in [0, 0.05) is 51.0 Å². The number of piperidine rings is 1. The topological polar surface area (TPSA) is 52.6 Å². The van der Waals surface area contributed by atoms with Crippen molar-refractivity contribution in [3.05, 3.63) is 47.7 Å². The maximum absolute atomic E-state index is 13.4. The van der Waals surface area contributed by atoms with Crippen molar-refractivity contribution in [3.8, 4) is 0 Å². The molecule has 2 aliphatic rings. The molecule has 0 radical (unpaired) electrons. The van der Waals surface area contributed by atoms with Crippen LogP contribution < -0.4 is 9.80 Å². The van der Waals surface area contributed by atoms with E-state index in [-0.39, 0.29) is 11.5 Å². The number of rotatable bonds is 3. The molecule has 2 aromatic rings. The van der Waals surface area contributed by atoms with Crippen LogP contribution in [-0.2, 0) is 0 Å². The number of aromatic nitrogens is 2. The minimum atomic E-state index is -1.00. The number of anilines is 2. The van der Waals surface area contributed by atoms with Crippen LogP contribution in [0.4, 0.5) is 20.5 Å². The molecule has 3 heterocycles. The number of carbonyl (C=O) groups excluding carboxylic acids is 1. The molecule has 1 aromatic heterocycles. The molecule has 0 aliphatic carbocycles. The Kier molecular flexibility index (Phi) is 5.36. The van der Waals surface area contributed by atoms with Crippen molar-refractivity contribution in [2.45, 2.75) is 19.3 Å². The van der Waals surface area contributed by atoms with E-state index < -0.39 is 11.6 Å². The van der Waals surface area contributed by atoms with Crippen LogP contribution in [0.5, 0.6) is 0 Å². The lowest BCUT2D eigenvalue weighted by atomic mass is 10.1. The lowest BCUT2D eigenvalue weighted by Crippen LogP contribution is -2.49. The van der Waals surface area contributed by atoms with Gasteiger partial charge in [-0.3, -0.25) is 4.79 Å². The molecular weight excluding hydrogens is 364 g/mol. The van der Waals surface area contributed by atoms with Crippen molar-refractivity contribution in [1.82, 2.24) is 14.9 Å². The molecule has 148 valence electrons. The fourth-order valence-corrected chi connectivity index (χ4v) is 3.71. The van der Waals surface area contributed by atoms with Crippen molar-refractivity contribution in [2.24, 2.45) is 0 Å². The SMILES string of the molecule is O=C(c1ccc(F)c(F)c1)N1CCN(c2ccnc(N3CCCCC3)n2)CC1. The number of amides is 1. The van der Waals surface area contributed by atoms with Crippen LogP contribution in [0.2, 0.25) is 0 Å². The first-order chi connectivity index (χ1) is 13.6. The van der Waals surface area contributed by atoms with Gasteiger partial charge < -0.3 is 14.7 Å². The van der Waals surface area contributed by atoms with Gasteiger partial charge in [0.05, 0.1) is 0 Å². The second-order valence-corrected chi connectivity index (χ2v) is 7.17. The summed E-state index contributed by atoms with van der Waals surface area (Å²) in [4.78, 5) is 27.7. The minimum Gasteiger partial charge on any atom is -0.353 e. The number of halogens is 2. The minimum absolute atomic E-state index is 0.168. The summed E-state index contributed by atoms with van der Waals surface area (Å²) in [5.74, 6) is -0.617. The van der Waals surface area contributed by atoms with E-state index >= 15 is 0 Å². The molecule has 8 heteroatoms. The highest BCUT2D eigenvalue weighted by Gasteiger charge is 2.24. The number of piperazine rings is 1. The fraction of sp³-hybridized carbons (Fsp3) is 0.450. The molecule has 1 amide bonds. The molecule has 0 N–H and O–H groups in total. The van der Waals surface area contributed by atoms with Crippen molar-refractivity contribution in [1.29, 1.82) is 0 Å². The van der Waals surface area contributed by atoms with Crippen LogP contribution in [0.25, 0.3) is 0 Å². The zero-order chi connectivity index (χ0) is 19.5. The predicted molar refractivity (Wildman–Crippen MR) is 103 cm³/mol. The third-order valence-electron chi connectivity index (χ3n) is 5.32. The summed E-state index contributed by atoms with van der Waals surface area (Å²) in [6.07, 6.45) is 5.37. The molecule has 0 spiro atoms. The highest BCUT2D eigenvalue weighted by Crippen LogP contribution is 2.20. The zero-order valence-corrected chi connectivity index (χ0v) is 15.7. The van der Waals surface area contributed by atoms with E-state index in [0.717, 1.165) is 37.0 Å². The van der Waals surface area contributed by atoms with Gasteiger partial charge in [0.2, 0.25) is 5.95 Å². The lowest BCUT2D eigenvalue weighted by Gasteiger charge is -2.36. The van der Waals surface area contributed by atoms with Gasteiger partial charge in [-0.05, 0) is 43.5 Å². The van der Waals surface area contributed by atoms with Crippen LogP contribution in [0.15, 0.2) is 30.5 Å². The van der Waals surface area contributed by atoms with Gasteiger partial charge in [0.15, 0.2) is 11.6 Å². The largest absolute Gasteiger partial charge is 0.353 e. The van der Waals surface area contributed by atoms with Crippen molar-refractivity contribution < 1.29 is 13.6 Å². The molecule has 4 rings (SSSR count). The summed E-state index contributed by atoms with van der Waals surface area (Å²) >= 11 is 0. The second-order valence-electron chi connectivity index (χ2n) is 7.17. The van der Waals surface area contributed by atoms with Crippen molar-refractivity contribution in [3.63, 3.8) is 0 Å². The van der Waals surface area contributed by atoms with E-state index in [1.807, 2.05) is 6.07 Å². The molecule has 2 fully saturated rings. The van der Waals surface area contributed by atoms with Gasteiger partial charge in [0.1, 0.15) is 5.82 Å². The summed E-state index contributed by atoms with van der Waals surface area (Å²) in [5.41, 5.74) is 0.168. The Morgan fingerprint density at radius 2 is 1.61 bits per heavy atom. The summed E-state index contributed by atoms with van der Waals surface area (Å²) in [5, 5.41) is 0. The summed E-state index contributed by atoms with van der Waals surface area (Å²) in [6, 6.07) is 5.16. The zero-order valence-electron chi connectivity index (χ0n) is 15.7. The highest BCUT2D eigenvalue weighted by molar-refractivity contribution is 5.94. The normalized spacial score (nSPS) is 17.7. The Morgan fingerprint density at radius 1 is 0.857 bits per heavy atom. The van der Waals surface area contributed by atoms with Gasteiger partial charge in [-0.15, -0.1) is 0 Å². The van der Waals surface area contributed by atoms with E-state index in [9.17, 15) is 13.6 Å². The molecule has 28 heavy (non-hydrogen) atoms. The van der Waals surface area contributed by atoms with E-state index in [2.05, 4.69) is 14.8 Å². The summed E-state index contributed by atoms with van der Waals surface area (Å²) in [6.45, 7) is 4.24. The van der Waals surface area contributed by atoms with Crippen LogP contribution in [0.1, 0.15) is 29.6 Å². The van der Waals surface area contributed by atoms with Crippen LogP contribution >= 0.6 is 0 Å². The molecule has 0 atom stereocenters. The maximum atomic E-state index is 13.4. The summed E-state index contributed by atoms with van der Waals surface area (Å²) in [7, 11) is 0. The Bertz CT molecular complexity index is 848. The number of hydrogen-bond acceptors (Lipinski definition) is 5. The third kappa shape index (κ3) is 3.90. The molecule has 0 bridgehead atoms. The van der Waals surface area contributed by atoms with E-state index in [0.29, 0.717) is 26.2 Å². The lowest BCUT2D eigenvalue weighted by molar-refractivity contribution is 0.0746. The van der Waals surface area contributed by atoms with Crippen molar-refractivity contribution >= 4 is 17.7 Å². The average Bonchev–Trinajstić information content (AvgIpc) is 2.76.